The van der Waals surface area contributed by atoms with Crippen molar-refractivity contribution in [3.05, 3.63) is 64.7 Å². The van der Waals surface area contributed by atoms with Crippen molar-refractivity contribution in [3.8, 4) is 17.3 Å². The van der Waals surface area contributed by atoms with Gasteiger partial charge < -0.3 is 15.5 Å². The van der Waals surface area contributed by atoms with Crippen molar-refractivity contribution in [1.82, 2.24) is 26.1 Å². The lowest BCUT2D eigenvalue weighted by molar-refractivity contribution is -0.106. The van der Waals surface area contributed by atoms with Crippen molar-refractivity contribution in [2.24, 2.45) is 0 Å². The summed E-state index contributed by atoms with van der Waals surface area (Å²) >= 11 is 0. The van der Waals surface area contributed by atoms with Gasteiger partial charge in [0.2, 0.25) is 6.41 Å². The molecule has 0 bridgehead atoms. The molecule has 3 rings (SSSR count). The zero-order valence-corrected chi connectivity index (χ0v) is 20.6. The molecule has 0 aliphatic carbocycles. The van der Waals surface area contributed by atoms with E-state index in [1.807, 2.05) is 20.8 Å². The van der Waals surface area contributed by atoms with Crippen LogP contribution in [0.5, 0.6) is 6.01 Å². The number of benzene rings is 2. The van der Waals surface area contributed by atoms with Crippen LogP contribution in [-0.2, 0) is 11.3 Å². The van der Waals surface area contributed by atoms with Gasteiger partial charge in [0.25, 0.3) is 5.91 Å². The highest BCUT2D eigenvalue weighted by molar-refractivity contribution is 5.96. The molecule has 0 unspecified atom stereocenters. The monoisotopic (exact) mass is 498 g/mol. The van der Waals surface area contributed by atoms with Crippen molar-refractivity contribution in [1.29, 1.82) is 0 Å². The molecule has 0 aliphatic rings. The molecular formula is C25H28F2N6O3. The Morgan fingerprint density at radius 1 is 1.14 bits per heavy atom. The van der Waals surface area contributed by atoms with Crippen molar-refractivity contribution in [2.45, 2.75) is 33.4 Å². The summed E-state index contributed by atoms with van der Waals surface area (Å²) in [5.41, 5.74) is 4.27. The minimum absolute atomic E-state index is 0.0693. The Kier molecular flexibility index (Phi) is 8.62. The smallest absolute Gasteiger partial charge is 0.338 e. The van der Waals surface area contributed by atoms with Crippen LogP contribution in [0, 0.1) is 18.6 Å². The van der Waals surface area contributed by atoms with Crippen LogP contribution in [0.2, 0.25) is 0 Å². The van der Waals surface area contributed by atoms with Crippen molar-refractivity contribution < 1.29 is 23.2 Å². The molecule has 11 heteroatoms. The quantitative estimate of drug-likeness (QED) is 0.290. The van der Waals surface area contributed by atoms with E-state index in [9.17, 15) is 18.4 Å². The average Bonchev–Trinajstić information content (AvgIpc) is 2.82. The molecule has 0 fully saturated rings. The van der Waals surface area contributed by atoms with Crippen LogP contribution in [0.1, 0.15) is 35.3 Å². The summed E-state index contributed by atoms with van der Waals surface area (Å²) in [7, 11) is 3.15. The maximum Gasteiger partial charge on any atom is 0.338 e. The second-order valence-corrected chi connectivity index (χ2v) is 8.20. The van der Waals surface area contributed by atoms with Gasteiger partial charge in [0.05, 0.1) is 5.69 Å². The number of halogens is 2. The first-order valence-corrected chi connectivity index (χ1v) is 11.2. The average molecular weight is 499 g/mol. The third-order valence-electron chi connectivity index (χ3n) is 5.20. The van der Waals surface area contributed by atoms with Crippen LogP contribution in [0.15, 0.2) is 36.4 Å². The maximum atomic E-state index is 14.7. The zero-order valence-electron chi connectivity index (χ0n) is 20.6. The molecule has 1 aromatic heterocycles. The zero-order chi connectivity index (χ0) is 26.4. The molecule has 190 valence electrons. The molecule has 3 aromatic rings. The normalized spacial score (nSPS) is 10.9. The minimum Gasteiger partial charge on any atom is -0.368 e. The number of hydrogen-bond acceptors (Lipinski definition) is 7. The van der Waals surface area contributed by atoms with Gasteiger partial charge in [-0.15, -0.1) is 0 Å². The third-order valence-corrected chi connectivity index (χ3v) is 5.20. The predicted octanol–water partition coefficient (Wildman–Crippen LogP) is 3.40. The van der Waals surface area contributed by atoms with E-state index >= 15 is 0 Å². The molecule has 0 spiro atoms. The fraction of sp³-hybridized carbons (Fsp3) is 0.280. The SMILES string of the molecule is CNCc1c(-c2cc(C(=O)NC(C)C)ccc2C)nc(ONC)nc1N(C=O)c1c(F)cccc1F. The highest BCUT2D eigenvalue weighted by atomic mass is 19.1. The molecule has 0 saturated carbocycles. The number of carbonyl (C=O) groups excluding carboxylic acids is 2. The van der Waals surface area contributed by atoms with Crippen molar-refractivity contribution in [2.75, 3.05) is 19.0 Å². The number of aryl methyl sites for hydroxylation is 1. The van der Waals surface area contributed by atoms with E-state index in [0.717, 1.165) is 22.6 Å². The second kappa shape index (κ2) is 11.6. The number of nitrogens with one attached hydrogen (secondary N) is 3. The van der Waals surface area contributed by atoms with Crippen molar-refractivity contribution >= 4 is 23.8 Å². The van der Waals surface area contributed by atoms with E-state index in [1.54, 1.807) is 25.2 Å². The Morgan fingerprint density at radius 3 is 2.42 bits per heavy atom. The van der Waals surface area contributed by atoms with Gasteiger partial charge in [0.1, 0.15) is 17.3 Å². The molecule has 0 radical (unpaired) electrons. The number of amides is 2. The second-order valence-electron chi connectivity index (χ2n) is 8.20. The van der Waals surface area contributed by atoms with Gasteiger partial charge in [-0.05, 0) is 57.6 Å². The Bertz CT molecular complexity index is 1250. The van der Waals surface area contributed by atoms with Crippen LogP contribution >= 0.6 is 0 Å². The molecule has 2 aromatic carbocycles. The fourth-order valence-corrected chi connectivity index (χ4v) is 3.64. The number of hydrogen-bond donors (Lipinski definition) is 3. The van der Waals surface area contributed by atoms with E-state index in [0.29, 0.717) is 22.4 Å². The van der Waals surface area contributed by atoms with Gasteiger partial charge in [0.15, 0.2) is 5.82 Å². The van der Waals surface area contributed by atoms with Gasteiger partial charge in [-0.1, -0.05) is 12.1 Å². The number of hydroxylamine groups is 1. The summed E-state index contributed by atoms with van der Waals surface area (Å²) < 4.78 is 29.4. The van der Waals surface area contributed by atoms with Crippen LogP contribution in [0.3, 0.4) is 0 Å². The van der Waals surface area contributed by atoms with E-state index in [2.05, 4.69) is 26.1 Å². The summed E-state index contributed by atoms with van der Waals surface area (Å²) in [4.78, 5) is 39.7. The number of carbonyl (C=O) groups is 2. The third kappa shape index (κ3) is 5.64. The number of nitrogens with zero attached hydrogens (tertiary/aromatic N) is 3. The van der Waals surface area contributed by atoms with Gasteiger partial charge in [-0.3, -0.25) is 14.5 Å². The molecular weight excluding hydrogens is 470 g/mol. The number of para-hydroxylation sites is 1. The number of rotatable bonds is 10. The first-order valence-electron chi connectivity index (χ1n) is 11.2. The molecule has 2 amide bonds. The van der Waals surface area contributed by atoms with Gasteiger partial charge in [-0.25, -0.2) is 8.78 Å². The van der Waals surface area contributed by atoms with E-state index in [1.165, 1.54) is 13.1 Å². The highest BCUT2D eigenvalue weighted by Gasteiger charge is 2.27. The van der Waals surface area contributed by atoms with Gasteiger partial charge in [0, 0.05) is 36.3 Å². The first kappa shape index (κ1) is 26.6. The Hall–Kier alpha value is -3.96. The van der Waals surface area contributed by atoms with Crippen LogP contribution in [0.4, 0.5) is 20.3 Å². The molecule has 0 saturated heterocycles. The standard InChI is InChI=1S/C25H28F2N6O3/c1-14(2)30-24(35)16-10-9-15(3)17(11-16)21-18(12-28-4)23(32-25(31-21)36-29-5)33(13-34)22-19(26)7-6-8-20(22)27/h6-11,13-14,28-29H,12H2,1-5H3,(H,30,35). The lowest BCUT2D eigenvalue weighted by Gasteiger charge is -2.23. The maximum absolute atomic E-state index is 14.7. The Balaban J connectivity index is 2.32. The highest BCUT2D eigenvalue weighted by Crippen LogP contribution is 2.37. The van der Waals surface area contributed by atoms with E-state index < -0.39 is 17.3 Å². The number of anilines is 2. The first-order chi connectivity index (χ1) is 17.2. The molecule has 3 N–H and O–H groups in total. The molecule has 36 heavy (non-hydrogen) atoms. The molecule has 9 nitrogen and oxygen atoms in total. The van der Waals surface area contributed by atoms with Gasteiger partial charge in [-0.2, -0.15) is 15.4 Å². The molecule has 0 aliphatic heterocycles. The lowest BCUT2D eigenvalue weighted by Crippen LogP contribution is -2.30. The molecule has 1 heterocycles. The summed E-state index contributed by atoms with van der Waals surface area (Å²) in [6.07, 6.45) is 0.273. The minimum atomic E-state index is -0.947. The molecule has 0 atom stereocenters. The van der Waals surface area contributed by atoms with Crippen LogP contribution < -0.4 is 25.9 Å². The Morgan fingerprint density at radius 2 is 1.83 bits per heavy atom. The van der Waals surface area contributed by atoms with E-state index in [4.69, 9.17) is 4.84 Å². The van der Waals surface area contributed by atoms with Gasteiger partial charge >= 0.3 is 6.01 Å². The number of aromatic nitrogens is 2. The van der Waals surface area contributed by atoms with Crippen LogP contribution in [0.25, 0.3) is 11.3 Å². The van der Waals surface area contributed by atoms with E-state index in [-0.39, 0.29) is 36.7 Å². The summed E-state index contributed by atoms with van der Waals surface area (Å²) in [6, 6.07) is 8.14. The van der Waals surface area contributed by atoms with Crippen LogP contribution in [-0.4, -0.2) is 42.4 Å². The Labute approximate surface area is 207 Å². The lowest BCUT2D eigenvalue weighted by atomic mass is 9.98. The summed E-state index contributed by atoms with van der Waals surface area (Å²) in [5.74, 6) is -2.25. The van der Waals surface area contributed by atoms with Crippen molar-refractivity contribution in [3.63, 3.8) is 0 Å². The largest absolute Gasteiger partial charge is 0.368 e. The fourth-order valence-electron chi connectivity index (χ4n) is 3.64. The predicted molar refractivity (Wildman–Crippen MR) is 132 cm³/mol. The summed E-state index contributed by atoms with van der Waals surface area (Å²) in [5, 5.41) is 5.83. The summed E-state index contributed by atoms with van der Waals surface area (Å²) in [6.45, 7) is 5.67. The topological polar surface area (TPSA) is 108 Å².